The zero-order valence-electron chi connectivity index (χ0n) is 19.7. The molecule has 0 fully saturated rings. The molecule has 0 unspecified atom stereocenters. The summed E-state index contributed by atoms with van der Waals surface area (Å²) in [5.74, 6) is 0.808. The van der Waals surface area contributed by atoms with Crippen molar-refractivity contribution in [2.75, 3.05) is 0 Å². The maximum Gasteiger partial charge on any atom is 0.303 e. The predicted molar refractivity (Wildman–Crippen MR) is 134 cm³/mol. The first-order chi connectivity index (χ1) is 17.7. The molecular weight excluding hydrogens is 458 g/mol. The van der Waals surface area contributed by atoms with Crippen LogP contribution in [0.4, 0.5) is 0 Å². The molecule has 3 aromatic carbocycles. The summed E-state index contributed by atoms with van der Waals surface area (Å²) in [6.45, 7) is 0.470. The highest BCUT2D eigenvalue weighted by Gasteiger charge is 2.09. The Bertz CT molecular complexity index is 1260. The van der Waals surface area contributed by atoms with Gasteiger partial charge in [-0.15, -0.1) is 0 Å². The molecule has 1 aromatic heterocycles. The largest absolute Gasteiger partial charge is 0.484 e. The molecule has 0 aliphatic carbocycles. The van der Waals surface area contributed by atoms with E-state index in [1.54, 1.807) is 0 Å². The van der Waals surface area contributed by atoms with Gasteiger partial charge < -0.3 is 19.2 Å². The minimum atomic E-state index is -0.786. The van der Waals surface area contributed by atoms with Crippen molar-refractivity contribution in [2.24, 2.45) is 5.16 Å². The lowest BCUT2D eigenvalue weighted by Crippen LogP contribution is -2.03. The number of aromatic nitrogens is 2. The van der Waals surface area contributed by atoms with E-state index < -0.39 is 5.97 Å². The standard InChI is InChI=1S/C28H27N3O5/c32-27(33)14-8-7-13-25(22-9-3-1-4-10-22)30-35-19-21-15-17-24(18-16-21)34-20-26-29-28(31-36-26)23-11-5-2-6-12-23/h1-6,9-12,15-18H,7-8,13-14,19-20H2,(H,32,33)/b30-25-. The molecule has 4 aromatic rings. The van der Waals surface area contributed by atoms with E-state index in [0.717, 1.165) is 28.8 Å². The molecule has 36 heavy (non-hydrogen) atoms. The lowest BCUT2D eigenvalue weighted by molar-refractivity contribution is -0.137. The smallest absolute Gasteiger partial charge is 0.303 e. The third-order valence-corrected chi connectivity index (χ3v) is 5.35. The fourth-order valence-electron chi connectivity index (χ4n) is 3.47. The van der Waals surface area contributed by atoms with Crippen LogP contribution in [-0.4, -0.2) is 26.9 Å². The number of aliphatic carboxylic acids is 1. The highest BCUT2D eigenvalue weighted by atomic mass is 16.6. The number of carboxylic acid groups (broad SMARTS) is 1. The Morgan fingerprint density at radius 2 is 1.56 bits per heavy atom. The van der Waals surface area contributed by atoms with Gasteiger partial charge in [-0.1, -0.05) is 83.1 Å². The number of oxime groups is 1. The predicted octanol–water partition coefficient (Wildman–Crippen LogP) is 5.88. The van der Waals surface area contributed by atoms with Crippen LogP contribution in [-0.2, 0) is 22.8 Å². The topological polar surface area (TPSA) is 107 Å². The van der Waals surface area contributed by atoms with Gasteiger partial charge in [0.15, 0.2) is 6.61 Å². The second-order valence-corrected chi connectivity index (χ2v) is 8.09. The molecule has 1 heterocycles. The van der Waals surface area contributed by atoms with Gasteiger partial charge in [0.05, 0.1) is 5.71 Å². The number of nitrogens with zero attached hydrogens (tertiary/aromatic N) is 3. The molecule has 0 aliphatic heterocycles. The van der Waals surface area contributed by atoms with Crippen LogP contribution in [0.3, 0.4) is 0 Å². The quantitative estimate of drug-likeness (QED) is 0.143. The van der Waals surface area contributed by atoms with Crippen molar-refractivity contribution in [1.29, 1.82) is 0 Å². The van der Waals surface area contributed by atoms with Gasteiger partial charge in [0.2, 0.25) is 5.82 Å². The van der Waals surface area contributed by atoms with Gasteiger partial charge in [-0.3, -0.25) is 4.79 Å². The molecule has 0 bridgehead atoms. The average Bonchev–Trinajstić information content (AvgIpc) is 3.40. The van der Waals surface area contributed by atoms with Crippen LogP contribution in [0.5, 0.6) is 5.75 Å². The Morgan fingerprint density at radius 1 is 0.861 bits per heavy atom. The molecule has 0 spiro atoms. The maximum atomic E-state index is 10.8. The number of hydrogen-bond donors (Lipinski definition) is 1. The van der Waals surface area contributed by atoms with Crippen LogP contribution in [0, 0.1) is 0 Å². The Labute approximate surface area is 209 Å². The van der Waals surface area contributed by atoms with Crippen LogP contribution in [0.25, 0.3) is 11.4 Å². The van der Waals surface area contributed by atoms with Crippen LogP contribution < -0.4 is 4.74 Å². The van der Waals surface area contributed by atoms with E-state index >= 15 is 0 Å². The fourth-order valence-corrected chi connectivity index (χ4v) is 3.47. The van der Waals surface area contributed by atoms with E-state index in [0.29, 0.717) is 36.9 Å². The van der Waals surface area contributed by atoms with Gasteiger partial charge >= 0.3 is 5.97 Å². The number of carbonyl (C=O) groups is 1. The fraction of sp³-hybridized carbons (Fsp3) is 0.214. The van der Waals surface area contributed by atoms with Crippen molar-refractivity contribution in [1.82, 2.24) is 10.1 Å². The highest BCUT2D eigenvalue weighted by Crippen LogP contribution is 2.18. The number of unbranched alkanes of at least 4 members (excludes halogenated alkanes) is 1. The van der Waals surface area contributed by atoms with E-state index in [1.165, 1.54) is 0 Å². The van der Waals surface area contributed by atoms with Gasteiger partial charge in [0, 0.05) is 12.0 Å². The monoisotopic (exact) mass is 485 g/mol. The van der Waals surface area contributed by atoms with Crippen LogP contribution in [0.1, 0.15) is 42.7 Å². The first-order valence-corrected chi connectivity index (χ1v) is 11.7. The summed E-state index contributed by atoms with van der Waals surface area (Å²) >= 11 is 0. The van der Waals surface area contributed by atoms with Gasteiger partial charge in [-0.25, -0.2) is 0 Å². The second kappa shape index (κ2) is 12.9. The van der Waals surface area contributed by atoms with Crippen molar-refractivity contribution >= 4 is 11.7 Å². The third-order valence-electron chi connectivity index (χ3n) is 5.35. The Hall–Kier alpha value is -4.46. The Morgan fingerprint density at radius 3 is 2.28 bits per heavy atom. The molecule has 0 aliphatic rings. The molecule has 8 heteroatoms. The summed E-state index contributed by atoms with van der Waals surface area (Å²) in [5, 5.41) is 17.2. The minimum Gasteiger partial charge on any atom is -0.484 e. The summed E-state index contributed by atoms with van der Waals surface area (Å²) < 4.78 is 11.0. The summed E-state index contributed by atoms with van der Waals surface area (Å²) in [6.07, 6.45) is 2.12. The molecule has 1 N–H and O–H groups in total. The maximum absolute atomic E-state index is 10.8. The number of rotatable bonds is 13. The molecule has 0 amide bonds. The van der Waals surface area contributed by atoms with Crippen molar-refractivity contribution in [2.45, 2.75) is 38.9 Å². The summed E-state index contributed by atoms with van der Waals surface area (Å²) in [5.41, 5.74) is 3.59. The number of carboxylic acids is 1. The molecule has 0 atom stereocenters. The van der Waals surface area contributed by atoms with Gasteiger partial charge in [-0.2, -0.15) is 4.98 Å². The van der Waals surface area contributed by atoms with Gasteiger partial charge in [0.1, 0.15) is 12.4 Å². The molecule has 8 nitrogen and oxygen atoms in total. The lowest BCUT2D eigenvalue weighted by Gasteiger charge is -2.08. The van der Waals surface area contributed by atoms with E-state index in [-0.39, 0.29) is 13.0 Å². The first kappa shape index (κ1) is 24.7. The van der Waals surface area contributed by atoms with E-state index in [9.17, 15) is 4.79 Å². The van der Waals surface area contributed by atoms with Crippen molar-refractivity contribution in [3.63, 3.8) is 0 Å². The van der Waals surface area contributed by atoms with E-state index in [2.05, 4.69) is 15.3 Å². The summed E-state index contributed by atoms with van der Waals surface area (Å²) in [4.78, 5) is 20.7. The van der Waals surface area contributed by atoms with E-state index in [4.69, 9.17) is 19.2 Å². The zero-order valence-corrected chi connectivity index (χ0v) is 19.7. The number of hydrogen-bond acceptors (Lipinski definition) is 7. The second-order valence-electron chi connectivity index (χ2n) is 8.09. The first-order valence-electron chi connectivity index (χ1n) is 11.7. The Kier molecular flexibility index (Phi) is 8.80. The molecule has 4 rings (SSSR count). The summed E-state index contributed by atoms with van der Waals surface area (Å²) in [6, 6.07) is 26.9. The third kappa shape index (κ3) is 7.53. The van der Waals surface area contributed by atoms with Gasteiger partial charge in [-0.05, 0) is 42.5 Å². The van der Waals surface area contributed by atoms with E-state index in [1.807, 2.05) is 84.9 Å². The minimum absolute atomic E-state index is 0.151. The van der Waals surface area contributed by atoms with Gasteiger partial charge in [0.25, 0.3) is 5.89 Å². The highest BCUT2D eigenvalue weighted by molar-refractivity contribution is 6.00. The van der Waals surface area contributed by atoms with Crippen LogP contribution in [0.2, 0.25) is 0 Å². The molecule has 0 saturated carbocycles. The van der Waals surface area contributed by atoms with Crippen molar-refractivity contribution < 1.29 is 24.0 Å². The molecule has 0 radical (unpaired) electrons. The van der Waals surface area contributed by atoms with Crippen LogP contribution >= 0.6 is 0 Å². The van der Waals surface area contributed by atoms with Crippen LogP contribution in [0.15, 0.2) is 94.6 Å². The average molecular weight is 486 g/mol. The van der Waals surface area contributed by atoms with Crippen molar-refractivity contribution in [3.05, 3.63) is 102 Å². The molecular formula is C28H27N3O5. The Balaban J connectivity index is 1.28. The summed E-state index contributed by atoms with van der Waals surface area (Å²) in [7, 11) is 0. The number of ether oxygens (including phenoxy) is 1. The zero-order chi connectivity index (χ0) is 25.0. The van der Waals surface area contributed by atoms with Crippen molar-refractivity contribution in [3.8, 4) is 17.1 Å². The SMILES string of the molecule is O=C(O)CCCC/C(=N/OCc1ccc(OCc2nc(-c3ccccc3)no2)cc1)c1ccccc1. The normalized spacial score (nSPS) is 11.3. The molecule has 0 saturated heterocycles. The molecule has 184 valence electrons. The number of benzene rings is 3. The lowest BCUT2D eigenvalue weighted by atomic mass is 10.0.